The minimum atomic E-state index is -0.711. The largest absolute Gasteiger partial charge is 0.393 e. The lowest BCUT2D eigenvalue weighted by molar-refractivity contribution is -0.0410. The number of aliphatic hydroxyl groups is 2. The van der Waals surface area contributed by atoms with Crippen molar-refractivity contribution < 1.29 is 10.2 Å². The molecule has 0 spiro atoms. The maximum atomic E-state index is 10.5. The van der Waals surface area contributed by atoms with Crippen molar-refractivity contribution in [1.82, 2.24) is 0 Å². The zero-order valence-corrected chi connectivity index (χ0v) is 21.3. The summed E-state index contributed by atoms with van der Waals surface area (Å²) in [7, 11) is 0. The van der Waals surface area contributed by atoms with E-state index >= 15 is 0 Å². The summed E-state index contributed by atoms with van der Waals surface area (Å²) < 4.78 is 0. The van der Waals surface area contributed by atoms with E-state index in [1.54, 1.807) is 0 Å². The highest BCUT2D eigenvalue weighted by Crippen LogP contribution is 2.71. The molecule has 4 aliphatic carbocycles. The van der Waals surface area contributed by atoms with Gasteiger partial charge in [0.15, 0.2) is 0 Å². The van der Waals surface area contributed by atoms with Gasteiger partial charge in [-0.15, -0.1) is 0 Å². The average Bonchev–Trinajstić information content (AvgIpc) is 2.96. The van der Waals surface area contributed by atoms with E-state index in [-0.39, 0.29) is 6.10 Å². The fourth-order valence-corrected chi connectivity index (χ4v) is 8.99. The quantitative estimate of drug-likeness (QED) is 0.471. The predicted molar refractivity (Wildman–Crippen MR) is 130 cm³/mol. The summed E-state index contributed by atoms with van der Waals surface area (Å²) in [5.74, 6) is 2.51. The van der Waals surface area contributed by atoms with Gasteiger partial charge in [-0.3, -0.25) is 0 Å². The summed E-state index contributed by atoms with van der Waals surface area (Å²) in [4.78, 5) is 0. The van der Waals surface area contributed by atoms with Gasteiger partial charge in [0.1, 0.15) is 0 Å². The molecule has 2 saturated carbocycles. The Balaban J connectivity index is 1.62. The second-order valence-corrected chi connectivity index (χ2v) is 13.1. The topological polar surface area (TPSA) is 40.5 Å². The van der Waals surface area contributed by atoms with Crippen LogP contribution in [0.1, 0.15) is 106 Å². The summed E-state index contributed by atoms with van der Waals surface area (Å²) in [6.45, 7) is 16.3. The highest BCUT2D eigenvalue weighted by Gasteiger charge is 2.62. The molecule has 2 nitrogen and oxygen atoms in total. The molecule has 176 valence electrons. The van der Waals surface area contributed by atoms with Crippen LogP contribution in [0, 0.1) is 39.9 Å². The van der Waals surface area contributed by atoms with E-state index in [0.29, 0.717) is 34.0 Å². The number of aliphatic hydroxyl groups excluding tert-OH is 1. The van der Waals surface area contributed by atoms with Crippen molar-refractivity contribution in [3.63, 3.8) is 0 Å². The molecular weight excluding hydrogens is 380 g/mol. The minimum Gasteiger partial charge on any atom is -0.393 e. The van der Waals surface area contributed by atoms with Gasteiger partial charge in [0.2, 0.25) is 0 Å². The Labute approximate surface area is 191 Å². The van der Waals surface area contributed by atoms with Gasteiger partial charge < -0.3 is 10.2 Å². The summed E-state index contributed by atoms with van der Waals surface area (Å²) >= 11 is 0. The van der Waals surface area contributed by atoms with Gasteiger partial charge in [-0.05, 0) is 112 Å². The molecule has 4 rings (SSSR count). The van der Waals surface area contributed by atoms with E-state index in [1.807, 2.05) is 31.1 Å². The molecule has 2 fully saturated rings. The maximum Gasteiger partial charge on any atom is 0.0771 e. The van der Waals surface area contributed by atoms with E-state index in [9.17, 15) is 10.2 Å². The van der Waals surface area contributed by atoms with Crippen molar-refractivity contribution in [2.45, 2.75) is 118 Å². The second kappa shape index (κ2) is 7.73. The smallest absolute Gasteiger partial charge is 0.0771 e. The fourth-order valence-electron chi connectivity index (χ4n) is 8.99. The van der Waals surface area contributed by atoms with Gasteiger partial charge in [0.25, 0.3) is 0 Å². The molecule has 0 heterocycles. The SMILES string of the molecule is C[C@@H]1[C@@H](O)CC[C@]2(C)C3=C(CC[C@@H]12)[C@]1(C)CC[C@H]([C@H](C)C/C=C/C(C)(C)O)[C@@]1(C)CC3. The lowest BCUT2D eigenvalue weighted by atomic mass is 9.45. The molecule has 8 atom stereocenters. The first kappa shape index (κ1) is 23.6. The van der Waals surface area contributed by atoms with Crippen LogP contribution in [0.4, 0.5) is 0 Å². The third-order valence-electron chi connectivity index (χ3n) is 11.1. The highest BCUT2D eigenvalue weighted by atomic mass is 16.3. The highest BCUT2D eigenvalue weighted by molar-refractivity contribution is 5.38. The molecule has 2 heteroatoms. The molecule has 2 N–H and O–H groups in total. The van der Waals surface area contributed by atoms with Crippen molar-refractivity contribution in [3.8, 4) is 0 Å². The minimum absolute atomic E-state index is 0.0988. The Kier molecular flexibility index (Phi) is 5.87. The van der Waals surface area contributed by atoms with Crippen LogP contribution in [0.25, 0.3) is 0 Å². The molecule has 0 aromatic rings. The first-order chi connectivity index (χ1) is 14.3. The Morgan fingerprint density at radius 2 is 1.74 bits per heavy atom. The number of rotatable bonds is 4. The van der Waals surface area contributed by atoms with Crippen LogP contribution < -0.4 is 0 Å². The molecule has 0 bridgehead atoms. The van der Waals surface area contributed by atoms with Crippen molar-refractivity contribution >= 4 is 0 Å². The first-order valence-corrected chi connectivity index (χ1v) is 13.1. The Morgan fingerprint density at radius 3 is 2.42 bits per heavy atom. The summed E-state index contributed by atoms with van der Waals surface area (Å²) in [6, 6.07) is 0. The van der Waals surface area contributed by atoms with Crippen molar-refractivity contribution in [2.75, 3.05) is 0 Å². The van der Waals surface area contributed by atoms with Gasteiger partial charge >= 0.3 is 0 Å². The van der Waals surface area contributed by atoms with Gasteiger partial charge in [0.05, 0.1) is 11.7 Å². The van der Waals surface area contributed by atoms with E-state index < -0.39 is 5.60 Å². The Morgan fingerprint density at radius 1 is 1.03 bits per heavy atom. The lowest BCUT2D eigenvalue weighted by Crippen LogP contribution is -2.51. The molecule has 0 saturated heterocycles. The summed E-state index contributed by atoms with van der Waals surface area (Å²) in [5, 5.41) is 20.6. The Bertz CT molecular complexity index is 757. The van der Waals surface area contributed by atoms with Crippen LogP contribution in [-0.4, -0.2) is 21.9 Å². The van der Waals surface area contributed by atoms with E-state index in [1.165, 1.54) is 44.9 Å². The summed E-state index contributed by atoms with van der Waals surface area (Å²) in [6.07, 6.45) is 15.1. The molecule has 0 radical (unpaired) electrons. The van der Waals surface area contributed by atoms with Crippen LogP contribution in [0.5, 0.6) is 0 Å². The molecular formula is C29H48O2. The van der Waals surface area contributed by atoms with E-state index in [2.05, 4.69) is 40.7 Å². The van der Waals surface area contributed by atoms with Gasteiger partial charge in [-0.25, -0.2) is 0 Å². The molecule has 0 aromatic carbocycles. The van der Waals surface area contributed by atoms with Gasteiger partial charge in [0, 0.05) is 0 Å². The molecule has 0 unspecified atom stereocenters. The zero-order valence-electron chi connectivity index (χ0n) is 21.3. The molecule has 4 aliphatic rings. The lowest BCUT2D eigenvalue weighted by Gasteiger charge is -2.60. The zero-order chi connectivity index (χ0) is 22.8. The molecule has 0 amide bonds. The number of hydrogen-bond acceptors (Lipinski definition) is 2. The Hall–Kier alpha value is -0.600. The molecule has 0 aliphatic heterocycles. The van der Waals surface area contributed by atoms with Crippen LogP contribution >= 0.6 is 0 Å². The number of allylic oxidation sites excluding steroid dienone is 3. The van der Waals surface area contributed by atoms with Crippen LogP contribution in [0.15, 0.2) is 23.3 Å². The second-order valence-electron chi connectivity index (χ2n) is 13.1. The molecule has 31 heavy (non-hydrogen) atoms. The maximum absolute atomic E-state index is 10.5. The number of fused-ring (bicyclic) bond motifs is 4. The normalized spacial score (nSPS) is 46.6. The van der Waals surface area contributed by atoms with Crippen molar-refractivity contribution in [3.05, 3.63) is 23.3 Å². The van der Waals surface area contributed by atoms with Crippen LogP contribution in [0.2, 0.25) is 0 Å². The van der Waals surface area contributed by atoms with Gasteiger partial charge in [-0.2, -0.15) is 0 Å². The number of hydrogen-bond donors (Lipinski definition) is 2. The monoisotopic (exact) mass is 428 g/mol. The van der Waals surface area contributed by atoms with Crippen molar-refractivity contribution in [2.24, 2.45) is 39.9 Å². The third-order valence-corrected chi connectivity index (χ3v) is 11.1. The summed E-state index contributed by atoms with van der Waals surface area (Å²) in [5.41, 5.74) is 3.99. The van der Waals surface area contributed by atoms with E-state index in [0.717, 1.165) is 18.8 Å². The van der Waals surface area contributed by atoms with E-state index in [4.69, 9.17) is 0 Å². The molecule has 0 aromatic heterocycles. The third kappa shape index (κ3) is 3.59. The standard InChI is InChI=1S/C29H48O2/c1-19(9-8-15-26(3,4)31)21-12-17-29(7)24-11-10-22-20(2)25(30)14-16-27(22,5)23(24)13-18-28(21,29)6/h8,15,19-22,25,30-31H,9-14,16-18H2,1-7H3/b15-8+/t19-,20+,21-,22+,25+,27+,28-,29+/m1/s1. The van der Waals surface area contributed by atoms with Gasteiger partial charge in [-0.1, -0.05) is 57.9 Å². The van der Waals surface area contributed by atoms with Crippen molar-refractivity contribution in [1.29, 1.82) is 0 Å². The fraction of sp³-hybridized carbons (Fsp3) is 0.862. The first-order valence-electron chi connectivity index (χ1n) is 13.1. The predicted octanol–water partition coefficient (Wildman–Crippen LogP) is 7.06. The van der Waals surface area contributed by atoms with Crippen LogP contribution in [0.3, 0.4) is 0 Å². The average molecular weight is 429 g/mol. The van der Waals surface area contributed by atoms with Crippen LogP contribution in [-0.2, 0) is 0 Å².